The Labute approximate surface area is 110 Å². The molecule has 4 nitrogen and oxygen atoms in total. The quantitative estimate of drug-likeness (QED) is 0.779. The van der Waals surface area contributed by atoms with Crippen LogP contribution in [0.4, 0.5) is 18.9 Å². The van der Waals surface area contributed by atoms with E-state index in [2.05, 4.69) is 5.10 Å². The van der Waals surface area contributed by atoms with Crippen LogP contribution in [0.3, 0.4) is 0 Å². The standard InChI is InChI=1S/C8H16O.C4H4F3N3/c9-7-6-8-4-2-1-3-5-8;5-4(6,7)3-2(8)1-9-10-3/h8-9H,1-7H2;1H,8H2,(H,9,10). The van der Waals surface area contributed by atoms with Crippen LogP contribution in [0.5, 0.6) is 0 Å². The first kappa shape index (κ1) is 15.8. The first-order valence-electron chi connectivity index (χ1n) is 6.42. The van der Waals surface area contributed by atoms with E-state index >= 15 is 0 Å². The molecule has 0 amide bonds. The highest BCUT2D eigenvalue weighted by Crippen LogP contribution is 2.30. The van der Waals surface area contributed by atoms with Crippen LogP contribution in [0.25, 0.3) is 0 Å². The highest BCUT2D eigenvalue weighted by Gasteiger charge is 2.34. The van der Waals surface area contributed by atoms with Crippen molar-refractivity contribution >= 4 is 5.69 Å². The van der Waals surface area contributed by atoms with Crippen LogP contribution in [-0.2, 0) is 6.18 Å². The fraction of sp³-hybridized carbons (Fsp3) is 0.750. The molecule has 7 heteroatoms. The molecule has 0 bridgehead atoms. The second-order valence-corrected chi connectivity index (χ2v) is 4.71. The summed E-state index contributed by atoms with van der Waals surface area (Å²) in [5, 5.41) is 13.5. The maximum Gasteiger partial charge on any atom is 0.434 e. The monoisotopic (exact) mass is 279 g/mol. The molecule has 1 fully saturated rings. The van der Waals surface area contributed by atoms with Crippen LogP contribution >= 0.6 is 0 Å². The van der Waals surface area contributed by atoms with Gasteiger partial charge in [0.15, 0.2) is 5.69 Å². The molecule has 0 atom stereocenters. The Balaban J connectivity index is 0.000000191. The lowest BCUT2D eigenvalue weighted by molar-refractivity contribution is -0.140. The number of aliphatic hydroxyl groups excluding tert-OH is 1. The van der Waals surface area contributed by atoms with Crippen molar-refractivity contribution in [2.24, 2.45) is 5.92 Å². The molecule has 0 radical (unpaired) electrons. The molecular formula is C12H20F3N3O. The summed E-state index contributed by atoms with van der Waals surface area (Å²) in [6.45, 7) is 0.394. The third-order valence-corrected chi connectivity index (χ3v) is 3.21. The zero-order valence-electron chi connectivity index (χ0n) is 10.7. The molecule has 1 heterocycles. The number of nitrogens with zero attached hydrogens (tertiary/aromatic N) is 1. The second-order valence-electron chi connectivity index (χ2n) is 4.71. The number of anilines is 1. The summed E-state index contributed by atoms with van der Waals surface area (Å²) in [6.07, 6.45) is 4.46. The predicted molar refractivity (Wildman–Crippen MR) is 66.3 cm³/mol. The SMILES string of the molecule is Nc1cn[nH]c1C(F)(F)F.OCCC1CCCCC1. The third-order valence-electron chi connectivity index (χ3n) is 3.21. The molecule has 1 aromatic rings. The molecule has 0 spiro atoms. The summed E-state index contributed by atoms with van der Waals surface area (Å²) in [7, 11) is 0. The van der Waals surface area contributed by atoms with Crippen molar-refractivity contribution in [3.05, 3.63) is 11.9 Å². The normalized spacial score (nSPS) is 16.8. The highest BCUT2D eigenvalue weighted by atomic mass is 19.4. The van der Waals surface area contributed by atoms with Crippen LogP contribution in [0.15, 0.2) is 6.20 Å². The molecule has 1 saturated carbocycles. The van der Waals surface area contributed by atoms with Crippen LogP contribution in [0.1, 0.15) is 44.2 Å². The predicted octanol–water partition coefficient (Wildman–Crippen LogP) is 2.96. The molecule has 0 aliphatic heterocycles. The summed E-state index contributed by atoms with van der Waals surface area (Å²) in [4.78, 5) is 0. The third kappa shape index (κ3) is 5.50. The minimum absolute atomic E-state index is 0.382. The number of nitrogens with two attached hydrogens (primary N) is 1. The molecule has 19 heavy (non-hydrogen) atoms. The van der Waals surface area contributed by atoms with Crippen LogP contribution in [-0.4, -0.2) is 21.9 Å². The van der Waals surface area contributed by atoms with Crippen LogP contribution in [0, 0.1) is 5.92 Å². The summed E-state index contributed by atoms with van der Waals surface area (Å²) in [5.74, 6) is 0.851. The minimum atomic E-state index is -4.43. The van der Waals surface area contributed by atoms with Crippen molar-refractivity contribution in [3.8, 4) is 0 Å². The van der Waals surface area contributed by atoms with Gasteiger partial charge >= 0.3 is 6.18 Å². The smallest absolute Gasteiger partial charge is 0.396 e. The van der Waals surface area contributed by atoms with E-state index < -0.39 is 11.9 Å². The number of hydrogen-bond donors (Lipinski definition) is 3. The largest absolute Gasteiger partial charge is 0.434 e. The average molecular weight is 279 g/mol. The topological polar surface area (TPSA) is 74.9 Å². The zero-order chi connectivity index (χ0) is 14.3. The number of nitrogen functional groups attached to an aromatic ring is 1. The first-order valence-corrected chi connectivity index (χ1v) is 6.42. The Morgan fingerprint density at radius 1 is 1.32 bits per heavy atom. The van der Waals surface area contributed by atoms with Crippen molar-refractivity contribution < 1.29 is 18.3 Å². The number of aromatic amines is 1. The number of halogens is 3. The van der Waals surface area contributed by atoms with Gasteiger partial charge in [-0.3, -0.25) is 5.10 Å². The lowest BCUT2D eigenvalue weighted by atomic mass is 9.87. The van der Waals surface area contributed by atoms with E-state index in [-0.39, 0.29) is 5.69 Å². The Morgan fingerprint density at radius 2 is 1.95 bits per heavy atom. The molecule has 0 unspecified atom stereocenters. The summed E-state index contributed by atoms with van der Waals surface area (Å²) in [6, 6.07) is 0. The van der Waals surface area contributed by atoms with Gasteiger partial charge in [-0.25, -0.2) is 0 Å². The minimum Gasteiger partial charge on any atom is -0.396 e. The molecule has 1 aliphatic carbocycles. The summed E-state index contributed by atoms with van der Waals surface area (Å²) >= 11 is 0. The molecule has 1 aliphatic rings. The van der Waals surface area contributed by atoms with Crippen molar-refractivity contribution in [1.29, 1.82) is 0 Å². The Hall–Kier alpha value is -1.24. The van der Waals surface area contributed by atoms with Gasteiger partial charge in [-0.2, -0.15) is 18.3 Å². The molecule has 1 aromatic heterocycles. The van der Waals surface area contributed by atoms with Crippen molar-refractivity contribution in [2.45, 2.75) is 44.7 Å². The molecule has 0 aromatic carbocycles. The van der Waals surface area contributed by atoms with Gasteiger partial charge in [0.1, 0.15) is 0 Å². The summed E-state index contributed by atoms with van der Waals surface area (Å²) < 4.78 is 35.2. The average Bonchev–Trinajstić information content (AvgIpc) is 2.78. The Morgan fingerprint density at radius 3 is 2.32 bits per heavy atom. The maximum atomic E-state index is 11.7. The van der Waals surface area contributed by atoms with Crippen molar-refractivity contribution in [3.63, 3.8) is 0 Å². The Bertz CT molecular complexity index is 357. The number of alkyl halides is 3. The number of H-pyrrole nitrogens is 1. The number of hydrogen-bond acceptors (Lipinski definition) is 3. The van der Waals surface area contributed by atoms with Gasteiger partial charge in [0.05, 0.1) is 11.9 Å². The van der Waals surface area contributed by atoms with E-state index in [1.54, 1.807) is 5.10 Å². The number of aliphatic hydroxyl groups is 1. The molecule has 0 saturated heterocycles. The molecule has 2 rings (SSSR count). The molecular weight excluding hydrogens is 259 g/mol. The number of aromatic nitrogens is 2. The molecule has 4 N–H and O–H groups in total. The number of nitrogens with one attached hydrogen (secondary N) is 1. The van der Waals surface area contributed by atoms with Crippen molar-refractivity contribution in [1.82, 2.24) is 10.2 Å². The lowest BCUT2D eigenvalue weighted by Crippen LogP contribution is -2.08. The summed E-state index contributed by atoms with van der Waals surface area (Å²) in [5.41, 5.74) is 3.54. The van der Waals surface area contributed by atoms with Gasteiger partial charge in [0.2, 0.25) is 0 Å². The van der Waals surface area contributed by atoms with E-state index in [0.29, 0.717) is 6.61 Å². The lowest BCUT2D eigenvalue weighted by Gasteiger charge is -2.19. The second kappa shape index (κ2) is 7.37. The van der Waals surface area contributed by atoms with E-state index in [1.807, 2.05) is 0 Å². The van der Waals surface area contributed by atoms with Gasteiger partial charge in [-0.1, -0.05) is 32.1 Å². The van der Waals surface area contributed by atoms with Crippen molar-refractivity contribution in [2.75, 3.05) is 12.3 Å². The van der Waals surface area contributed by atoms with E-state index in [0.717, 1.165) is 18.5 Å². The molecule has 110 valence electrons. The van der Waals surface area contributed by atoms with E-state index in [9.17, 15) is 13.2 Å². The zero-order valence-corrected chi connectivity index (χ0v) is 10.7. The van der Waals surface area contributed by atoms with Gasteiger partial charge in [-0.15, -0.1) is 0 Å². The van der Waals surface area contributed by atoms with Gasteiger partial charge < -0.3 is 10.8 Å². The van der Waals surface area contributed by atoms with E-state index in [1.165, 1.54) is 32.1 Å². The van der Waals surface area contributed by atoms with E-state index in [4.69, 9.17) is 10.8 Å². The van der Waals surface area contributed by atoms with Gasteiger partial charge in [-0.05, 0) is 12.3 Å². The fourth-order valence-corrected chi connectivity index (χ4v) is 2.18. The van der Waals surface area contributed by atoms with Gasteiger partial charge in [0.25, 0.3) is 0 Å². The maximum absolute atomic E-state index is 11.7. The fourth-order valence-electron chi connectivity index (χ4n) is 2.18. The van der Waals surface area contributed by atoms with Gasteiger partial charge in [0, 0.05) is 6.61 Å². The Kier molecular flexibility index (Phi) is 6.14. The number of rotatable bonds is 2. The van der Waals surface area contributed by atoms with Crippen LogP contribution in [0.2, 0.25) is 0 Å². The first-order chi connectivity index (χ1) is 8.95. The van der Waals surface area contributed by atoms with Crippen LogP contribution < -0.4 is 5.73 Å². The highest BCUT2D eigenvalue weighted by molar-refractivity contribution is 5.41.